The average molecular weight is 567 g/mol. The Bertz CT molecular complexity index is 851. The lowest BCUT2D eigenvalue weighted by molar-refractivity contribution is -0.0817. The van der Waals surface area contributed by atoms with Crippen molar-refractivity contribution in [2.75, 3.05) is 33.4 Å². The molecule has 0 amide bonds. The summed E-state index contributed by atoms with van der Waals surface area (Å²) in [4.78, 5) is 6.84. The van der Waals surface area contributed by atoms with E-state index < -0.39 is 15.6 Å². The van der Waals surface area contributed by atoms with Crippen LogP contribution in [0.4, 0.5) is 0 Å². The molecule has 0 spiro atoms. The Morgan fingerprint density at radius 3 is 2.55 bits per heavy atom. The first kappa shape index (κ1) is 26.3. The first-order valence-corrected chi connectivity index (χ1v) is 12.0. The van der Waals surface area contributed by atoms with Gasteiger partial charge in [-0.2, -0.15) is 0 Å². The molecule has 3 rings (SSSR count). The standard InChI is InChI=1S/C21H34N4O4S.HI/c1-21(2,3)24-30(26,27)19-10-6-5-8-16(19)14-23-20(22-4)25-11-13-29-18(15-25)17-9-7-12-28-17;/h5-6,8,10,17-18,24H,7,9,11-15H2,1-4H3,(H,22,23);1H. The molecule has 2 atom stereocenters. The third-order valence-electron chi connectivity index (χ3n) is 5.12. The second-order valence-electron chi connectivity index (χ2n) is 8.77. The summed E-state index contributed by atoms with van der Waals surface area (Å²) >= 11 is 0. The predicted octanol–water partition coefficient (Wildman–Crippen LogP) is 2.34. The Balaban J connectivity index is 0.00000341. The number of morpholine rings is 1. The van der Waals surface area contributed by atoms with E-state index in [0.717, 1.165) is 32.0 Å². The fourth-order valence-corrected chi connectivity index (χ4v) is 5.52. The van der Waals surface area contributed by atoms with Crippen molar-refractivity contribution >= 4 is 40.0 Å². The zero-order valence-electron chi connectivity index (χ0n) is 18.8. The zero-order valence-corrected chi connectivity index (χ0v) is 21.9. The van der Waals surface area contributed by atoms with E-state index in [0.29, 0.717) is 25.3 Å². The minimum Gasteiger partial charge on any atom is -0.375 e. The van der Waals surface area contributed by atoms with E-state index in [2.05, 4.69) is 19.9 Å². The Morgan fingerprint density at radius 2 is 1.90 bits per heavy atom. The van der Waals surface area contributed by atoms with Gasteiger partial charge in [-0.05, 0) is 45.2 Å². The fourth-order valence-electron chi connectivity index (χ4n) is 3.87. The minimum atomic E-state index is -3.63. The smallest absolute Gasteiger partial charge is 0.241 e. The van der Waals surface area contributed by atoms with E-state index in [4.69, 9.17) is 9.47 Å². The van der Waals surface area contributed by atoms with Gasteiger partial charge in [-0.1, -0.05) is 18.2 Å². The van der Waals surface area contributed by atoms with Crippen molar-refractivity contribution in [3.8, 4) is 0 Å². The van der Waals surface area contributed by atoms with Crippen LogP contribution in [0.25, 0.3) is 0 Å². The third-order valence-corrected chi connectivity index (χ3v) is 6.98. The maximum atomic E-state index is 12.9. The number of hydrogen-bond donors (Lipinski definition) is 2. The van der Waals surface area contributed by atoms with Crippen LogP contribution in [0.3, 0.4) is 0 Å². The number of ether oxygens (including phenoxy) is 2. The molecule has 2 heterocycles. The summed E-state index contributed by atoms with van der Waals surface area (Å²) in [7, 11) is -1.89. The van der Waals surface area contributed by atoms with Gasteiger partial charge < -0.3 is 19.7 Å². The summed E-state index contributed by atoms with van der Waals surface area (Å²) < 4.78 is 40.2. The van der Waals surface area contributed by atoms with Crippen molar-refractivity contribution in [2.24, 2.45) is 4.99 Å². The van der Waals surface area contributed by atoms with Crippen molar-refractivity contribution in [1.29, 1.82) is 0 Å². The SMILES string of the molecule is CN=C(NCc1ccccc1S(=O)(=O)NC(C)(C)C)N1CCOC(C2CCCO2)C1.I. The normalized spacial score (nSPS) is 22.8. The number of hydrogen-bond acceptors (Lipinski definition) is 5. The number of guanidine groups is 1. The molecule has 1 aromatic rings. The highest BCUT2D eigenvalue weighted by Crippen LogP contribution is 2.21. The van der Waals surface area contributed by atoms with Gasteiger partial charge in [0.25, 0.3) is 0 Å². The highest BCUT2D eigenvalue weighted by atomic mass is 127. The van der Waals surface area contributed by atoms with E-state index in [-0.39, 0.29) is 41.1 Å². The topological polar surface area (TPSA) is 92.3 Å². The molecule has 2 unspecified atom stereocenters. The highest BCUT2D eigenvalue weighted by Gasteiger charge is 2.32. The second kappa shape index (κ2) is 11.3. The largest absolute Gasteiger partial charge is 0.375 e. The molecule has 0 aromatic heterocycles. The molecule has 2 saturated heterocycles. The van der Waals surface area contributed by atoms with Crippen molar-refractivity contribution in [3.63, 3.8) is 0 Å². The van der Waals surface area contributed by atoms with Crippen LogP contribution >= 0.6 is 24.0 Å². The molecular weight excluding hydrogens is 531 g/mol. The van der Waals surface area contributed by atoms with Gasteiger partial charge in [0.15, 0.2) is 5.96 Å². The van der Waals surface area contributed by atoms with E-state index in [9.17, 15) is 8.42 Å². The maximum absolute atomic E-state index is 12.9. The van der Waals surface area contributed by atoms with Crippen LogP contribution in [0.1, 0.15) is 39.2 Å². The Kier molecular flexibility index (Phi) is 9.56. The molecule has 2 aliphatic rings. The number of nitrogens with one attached hydrogen (secondary N) is 2. The number of nitrogens with zero attached hydrogens (tertiary/aromatic N) is 2. The Labute approximate surface area is 203 Å². The zero-order chi connectivity index (χ0) is 21.8. The molecule has 0 bridgehead atoms. The maximum Gasteiger partial charge on any atom is 0.241 e. The van der Waals surface area contributed by atoms with Crippen molar-refractivity contribution in [3.05, 3.63) is 29.8 Å². The monoisotopic (exact) mass is 566 g/mol. The Hall–Kier alpha value is -0.950. The molecule has 2 N–H and O–H groups in total. The van der Waals surface area contributed by atoms with Gasteiger partial charge in [-0.25, -0.2) is 13.1 Å². The molecule has 10 heteroatoms. The highest BCUT2D eigenvalue weighted by molar-refractivity contribution is 14.0. The third kappa shape index (κ3) is 7.28. The van der Waals surface area contributed by atoms with Gasteiger partial charge in [0.05, 0.1) is 17.6 Å². The van der Waals surface area contributed by atoms with Crippen LogP contribution in [0.15, 0.2) is 34.2 Å². The number of halogens is 1. The number of sulfonamides is 1. The summed E-state index contributed by atoms with van der Waals surface area (Å²) in [5.41, 5.74) is 0.139. The molecule has 31 heavy (non-hydrogen) atoms. The molecule has 0 aliphatic carbocycles. The lowest BCUT2D eigenvalue weighted by atomic mass is 10.1. The van der Waals surface area contributed by atoms with Crippen LogP contribution in [-0.4, -0.2) is 70.4 Å². The molecule has 2 fully saturated rings. The van der Waals surface area contributed by atoms with Crippen LogP contribution < -0.4 is 10.0 Å². The fraction of sp³-hybridized carbons (Fsp3) is 0.667. The van der Waals surface area contributed by atoms with Gasteiger partial charge in [-0.3, -0.25) is 4.99 Å². The van der Waals surface area contributed by atoms with Gasteiger partial charge in [0, 0.05) is 38.8 Å². The number of rotatable bonds is 5. The summed E-state index contributed by atoms with van der Waals surface area (Å²) in [5.74, 6) is 0.734. The molecule has 176 valence electrons. The number of benzene rings is 1. The van der Waals surface area contributed by atoms with Crippen LogP contribution in [0.2, 0.25) is 0 Å². The molecule has 1 aromatic carbocycles. The van der Waals surface area contributed by atoms with Crippen LogP contribution in [0.5, 0.6) is 0 Å². The lowest BCUT2D eigenvalue weighted by Gasteiger charge is -2.37. The summed E-state index contributed by atoms with van der Waals surface area (Å²) in [5, 5.41) is 3.33. The van der Waals surface area contributed by atoms with Gasteiger partial charge in [0.1, 0.15) is 6.10 Å². The van der Waals surface area contributed by atoms with Gasteiger partial charge in [-0.15, -0.1) is 24.0 Å². The molecule has 8 nitrogen and oxygen atoms in total. The first-order chi connectivity index (χ1) is 14.2. The molecule has 0 saturated carbocycles. The van der Waals surface area contributed by atoms with E-state index in [1.165, 1.54) is 0 Å². The van der Waals surface area contributed by atoms with Crippen molar-refractivity contribution in [1.82, 2.24) is 14.9 Å². The van der Waals surface area contributed by atoms with E-state index in [1.54, 1.807) is 19.2 Å². The lowest BCUT2D eigenvalue weighted by Crippen LogP contribution is -2.53. The molecule has 2 aliphatic heterocycles. The predicted molar refractivity (Wildman–Crippen MR) is 132 cm³/mol. The van der Waals surface area contributed by atoms with Gasteiger partial charge >= 0.3 is 0 Å². The minimum absolute atomic E-state index is 0. The summed E-state index contributed by atoms with van der Waals surface area (Å²) in [6.07, 6.45) is 2.27. The number of aliphatic imine (C=N–C) groups is 1. The van der Waals surface area contributed by atoms with Crippen molar-refractivity contribution < 1.29 is 17.9 Å². The second-order valence-corrected chi connectivity index (χ2v) is 10.4. The van der Waals surface area contributed by atoms with E-state index >= 15 is 0 Å². The van der Waals surface area contributed by atoms with Gasteiger partial charge in [0.2, 0.25) is 10.0 Å². The first-order valence-electron chi connectivity index (χ1n) is 10.5. The van der Waals surface area contributed by atoms with E-state index in [1.807, 2.05) is 32.9 Å². The van der Waals surface area contributed by atoms with Crippen LogP contribution in [0, 0.1) is 0 Å². The van der Waals surface area contributed by atoms with Crippen LogP contribution in [-0.2, 0) is 26.0 Å². The summed E-state index contributed by atoms with van der Waals surface area (Å²) in [6.45, 7) is 8.69. The molecule has 0 radical (unpaired) electrons. The quantitative estimate of drug-likeness (QED) is 0.323. The van der Waals surface area contributed by atoms with Crippen molar-refractivity contribution in [2.45, 2.75) is 62.8 Å². The summed E-state index contributed by atoms with van der Waals surface area (Å²) in [6, 6.07) is 7.05. The molecular formula is C21H35IN4O4S. The average Bonchev–Trinajstić information content (AvgIpc) is 3.22. The Morgan fingerprint density at radius 1 is 1.19 bits per heavy atom.